The van der Waals surface area contributed by atoms with Crippen molar-refractivity contribution in [2.75, 3.05) is 19.5 Å². The molecule has 1 amide bonds. The molecule has 0 bridgehead atoms. The van der Waals surface area contributed by atoms with Gasteiger partial charge in [0.15, 0.2) is 0 Å². The van der Waals surface area contributed by atoms with Crippen molar-refractivity contribution >= 4 is 24.7 Å². The Kier molecular flexibility index (Phi) is 7.64. The van der Waals surface area contributed by atoms with Crippen molar-refractivity contribution in [2.45, 2.75) is 45.1 Å². The van der Waals surface area contributed by atoms with Crippen molar-refractivity contribution in [1.82, 2.24) is 10.0 Å². The quantitative estimate of drug-likeness (QED) is 0.539. The number of para-hydroxylation sites is 1. The first-order chi connectivity index (χ1) is 13.1. The molecule has 2 N–H and O–H groups in total. The largest absolute Gasteiger partial charge is 0.530 e. The zero-order chi connectivity index (χ0) is 20.9. The van der Waals surface area contributed by atoms with E-state index in [9.17, 15) is 18.7 Å². The van der Waals surface area contributed by atoms with E-state index in [-0.39, 0.29) is 19.5 Å². The van der Waals surface area contributed by atoms with E-state index in [4.69, 9.17) is 13.8 Å². The molecule has 0 saturated carbocycles. The number of amides is 1. The van der Waals surface area contributed by atoms with E-state index in [0.29, 0.717) is 17.7 Å². The molecule has 0 saturated heterocycles. The van der Waals surface area contributed by atoms with E-state index in [1.165, 1.54) is 0 Å². The number of benzene rings is 1. The van der Waals surface area contributed by atoms with E-state index < -0.39 is 35.6 Å². The molecule has 0 aliphatic carbocycles. The summed E-state index contributed by atoms with van der Waals surface area (Å²) in [6.45, 7) is 7.45. The van der Waals surface area contributed by atoms with E-state index in [2.05, 4.69) is 10.0 Å². The third kappa shape index (κ3) is 5.78. The fourth-order valence-electron chi connectivity index (χ4n) is 2.95. The number of carboxylic acid groups (broad SMARTS) is 1. The van der Waals surface area contributed by atoms with Crippen LogP contribution in [-0.4, -0.2) is 35.4 Å². The zero-order valence-corrected chi connectivity index (χ0v) is 18.1. The summed E-state index contributed by atoms with van der Waals surface area (Å²) in [5.41, 5.74) is 0.832. The molecule has 0 spiro atoms. The van der Waals surface area contributed by atoms with Crippen LogP contribution >= 0.6 is 7.60 Å². The normalized spacial score (nSPS) is 17.4. The highest BCUT2D eigenvalue weighted by atomic mass is 32.2. The van der Waals surface area contributed by atoms with Crippen LogP contribution in [0.25, 0.3) is 0 Å². The number of fused-ring (bicyclic) bond motifs is 1. The highest BCUT2D eigenvalue weighted by Crippen LogP contribution is 2.47. The summed E-state index contributed by atoms with van der Waals surface area (Å²) in [4.78, 5) is 11.2. The molecule has 158 valence electrons. The lowest BCUT2D eigenvalue weighted by molar-refractivity contribution is -0.251. The number of carbonyl (C=O) groups excluding carboxylic acids is 1. The second-order valence-corrected chi connectivity index (χ2v) is 10.1. The standard InChI is InChI=1S/C17H27N2O7PS/c1-5-24-27(22,25-6-2)11-18-28(23)15(19-16(20)21)13-9-7-8-12-10-17(3,4)26-14(12)13/h7-9,15,18-19H,5-6,10-11H2,1-4H3,(H,20,21)/p-1. The van der Waals surface area contributed by atoms with Gasteiger partial charge in [-0.2, -0.15) is 0 Å². The molecule has 0 radical (unpaired) electrons. The van der Waals surface area contributed by atoms with Crippen molar-refractivity contribution in [3.05, 3.63) is 29.3 Å². The van der Waals surface area contributed by atoms with Crippen molar-refractivity contribution in [1.29, 1.82) is 0 Å². The first-order valence-electron chi connectivity index (χ1n) is 8.91. The first kappa shape index (κ1) is 22.8. The molecule has 1 aliphatic heterocycles. The van der Waals surface area contributed by atoms with Crippen molar-refractivity contribution in [2.24, 2.45) is 0 Å². The van der Waals surface area contributed by atoms with E-state index >= 15 is 0 Å². The van der Waals surface area contributed by atoms with Crippen molar-refractivity contribution in [3.63, 3.8) is 0 Å². The molecule has 2 unspecified atom stereocenters. The molecule has 11 heteroatoms. The van der Waals surface area contributed by atoms with Gasteiger partial charge in [-0.15, -0.1) is 0 Å². The molecular weight excluding hydrogens is 407 g/mol. The lowest BCUT2D eigenvalue weighted by atomic mass is 10.0. The Labute approximate surface area is 167 Å². The summed E-state index contributed by atoms with van der Waals surface area (Å²) in [5, 5.41) is 12.1. The van der Waals surface area contributed by atoms with Gasteiger partial charge in [0.1, 0.15) is 40.1 Å². The first-order valence-corrected chi connectivity index (χ1v) is 11.9. The summed E-state index contributed by atoms with van der Waals surface area (Å²) in [7, 11) is -5.50. The Hall–Kier alpha value is -1.45. The van der Waals surface area contributed by atoms with Crippen LogP contribution in [0.4, 0.5) is 4.79 Å². The maximum atomic E-state index is 12.9. The smallest absolute Gasteiger partial charge is 0.345 e. The van der Waals surface area contributed by atoms with Gasteiger partial charge in [0, 0.05) is 12.0 Å². The van der Waals surface area contributed by atoms with E-state index in [0.717, 1.165) is 5.56 Å². The number of hydrogen-bond donors (Lipinski definition) is 2. The maximum Gasteiger partial charge on any atom is 0.345 e. The van der Waals surface area contributed by atoms with Crippen LogP contribution in [0.2, 0.25) is 0 Å². The number of nitrogens with one attached hydrogen (secondary N) is 2. The van der Waals surface area contributed by atoms with Crippen LogP contribution in [0, 0.1) is 0 Å². The minimum atomic E-state index is -3.50. The van der Waals surface area contributed by atoms with Crippen LogP contribution in [0.1, 0.15) is 44.2 Å². The second kappa shape index (κ2) is 9.37. The van der Waals surface area contributed by atoms with Crippen LogP contribution < -0.4 is 19.9 Å². The molecule has 0 aromatic heterocycles. The summed E-state index contributed by atoms with van der Waals surface area (Å²) >= 11 is 0. The molecule has 1 aliphatic rings. The molecule has 28 heavy (non-hydrogen) atoms. The molecule has 0 fully saturated rings. The number of hydrogen-bond acceptors (Lipinski definition) is 7. The van der Waals surface area contributed by atoms with E-state index in [1.807, 2.05) is 19.9 Å². The summed E-state index contributed by atoms with van der Waals surface area (Å²) in [6, 6.07) is 5.24. The topological polar surface area (TPSA) is 126 Å². The fraction of sp³-hybridized carbons (Fsp3) is 0.588. The van der Waals surface area contributed by atoms with E-state index in [1.54, 1.807) is 26.0 Å². The monoisotopic (exact) mass is 433 g/mol. The number of carbonyl (C=O) groups is 1. The third-order valence-electron chi connectivity index (χ3n) is 3.92. The van der Waals surface area contributed by atoms with Gasteiger partial charge in [0.2, 0.25) is 0 Å². The lowest BCUT2D eigenvalue weighted by Gasteiger charge is -2.24. The molecule has 1 aromatic carbocycles. The Morgan fingerprint density at radius 1 is 1.36 bits per heavy atom. The molecule has 9 nitrogen and oxygen atoms in total. The van der Waals surface area contributed by atoms with Gasteiger partial charge < -0.3 is 29.0 Å². The Balaban J connectivity index is 2.26. The summed E-state index contributed by atoms with van der Waals surface area (Å²) < 4.78 is 44.2. The predicted molar refractivity (Wildman–Crippen MR) is 103 cm³/mol. The van der Waals surface area contributed by atoms with Gasteiger partial charge in [-0.3, -0.25) is 4.57 Å². The van der Waals surface area contributed by atoms with Gasteiger partial charge in [-0.05, 0) is 33.3 Å². The highest BCUT2D eigenvalue weighted by molar-refractivity contribution is 7.83. The van der Waals surface area contributed by atoms with Gasteiger partial charge in [-0.1, -0.05) is 18.2 Å². The highest BCUT2D eigenvalue weighted by Gasteiger charge is 2.35. The lowest BCUT2D eigenvalue weighted by Crippen LogP contribution is -2.43. The molecule has 2 rings (SSSR count). The zero-order valence-electron chi connectivity index (χ0n) is 16.4. The second-order valence-electron chi connectivity index (χ2n) is 6.73. The van der Waals surface area contributed by atoms with Gasteiger partial charge >= 0.3 is 7.60 Å². The van der Waals surface area contributed by atoms with Crippen molar-refractivity contribution < 1.29 is 32.5 Å². The Morgan fingerprint density at radius 2 is 2.00 bits per heavy atom. The molecule has 2 atom stereocenters. The summed E-state index contributed by atoms with van der Waals surface area (Å²) in [6.07, 6.45) is -1.29. The van der Waals surface area contributed by atoms with Crippen LogP contribution in [0.5, 0.6) is 5.75 Å². The molecular formula is C17H26N2O7PS-. The number of ether oxygens (including phenoxy) is 1. The molecule has 1 aromatic rings. The van der Waals surface area contributed by atoms with Crippen LogP contribution in [0.3, 0.4) is 0 Å². The number of rotatable bonds is 10. The van der Waals surface area contributed by atoms with Crippen molar-refractivity contribution in [3.8, 4) is 5.75 Å². The average molecular weight is 433 g/mol. The SMILES string of the molecule is CCOP(=O)(CNS(=O)C(NC(=O)[O-])c1cccc2c1OC(C)(C)C2)OCC. The van der Waals surface area contributed by atoms with Gasteiger partial charge in [0.25, 0.3) is 0 Å². The minimum absolute atomic E-state index is 0.154. The fourth-order valence-corrected chi connectivity index (χ4v) is 5.92. The summed E-state index contributed by atoms with van der Waals surface area (Å²) in [5.74, 6) is 0.485. The Morgan fingerprint density at radius 3 is 2.57 bits per heavy atom. The third-order valence-corrected chi connectivity index (χ3v) is 7.21. The van der Waals surface area contributed by atoms with Gasteiger partial charge in [-0.25, -0.2) is 8.93 Å². The predicted octanol–water partition coefficient (Wildman–Crippen LogP) is 1.81. The minimum Gasteiger partial charge on any atom is -0.530 e. The average Bonchev–Trinajstić information content (AvgIpc) is 2.92. The van der Waals surface area contributed by atoms with Crippen LogP contribution in [-0.2, 0) is 31.0 Å². The van der Waals surface area contributed by atoms with Crippen LogP contribution in [0.15, 0.2) is 18.2 Å². The molecule has 1 heterocycles. The Bertz CT molecular complexity index is 777. The maximum absolute atomic E-state index is 12.9. The van der Waals surface area contributed by atoms with Gasteiger partial charge in [0.05, 0.1) is 13.2 Å².